The van der Waals surface area contributed by atoms with E-state index in [1.165, 1.54) is 18.2 Å². The second-order valence-electron chi connectivity index (χ2n) is 6.21. The first-order chi connectivity index (χ1) is 10.9. The number of anilines is 1. The first-order valence-corrected chi connectivity index (χ1v) is 7.65. The van der Waals surface area contributed by atoms with E-state index in [2.05, 4.69) is 15.8 Å². The van der Waals surface area contributed by atoms with Gasteiger partial charge in [0, 0.05) is 18.6 Å². The zero-order chi connectivity index (χ0) is 16.5. The van der Waals surface area contributed by atoms with Crippen molar-refractivity contribution < 1.29 is 18.0 Å². The average Bonchev–Trinajstić information content (AvgIpc) is 2.95. The summed E-state index contributed by atoms with van der Waals surface area (Å²) in [6.45, 7) is 0. The largest absolute Gasteiger partial charge is 0.418 e. The van der Waals surface area contributed by atoms with E-state index in [1.54, 1.807) is 0 Å². The number of halogens is 3. The van der Waals surface area contributed by atoms with Gasteiger partial charge in [0.25, 0.3) is 0 Å². The van der Waals surface area contributed by atoms with Gasteiger partial charge in [-0.25, -0.2) is 0 Å². The molecule has 0 atom stereocenters. The van der Waals surface area contributed by atoms with Gasteiger partial charge in [-0.3, -0.25) is 4.79 Å². The third-order valence-corrected chi connectivity index (χ3v) is 4.68. The molecule has 0 aromatic heterocycles. The normalized spacial score (nSPS) is 27.0. The quantitative estimate of drug-likeness (QED) is 0.874. The highest BCUT2D eigenvalue weighted by molar-refractivity contribution is 5.93. The molecule has 1 aromatic carbocycles. The highest BCUT2D eigenvalue weighted by atomic mass is 19.4. The molecule has 1 spiro atoms. The number of hydrogen-bond donors (Lipinski definition) is 2. The van der Waals surface area contributed by atoms with Crippen LogP contribution >= 0.6 is 0 Å². The van der Waals surface area contributed by atoms with Crippen molar-refractivity contribution in [2.45, 2.75) is 43.8 Å². The molecular weight excluding hydrogens is 307 g/mol. The molecular formula is C16H18F3N3O. The SMILES string of the molecule is O=C(Nc1ccccc1C(F)(F)F)C1CCC2(CC=NN2)CC1. The van der Waals surface area contributed by atoms with E-state index in [9.17, 15) is 18.0 Å². The van der Waals surface area contributed by atoms with Crippen LogP contribution in [0.25, 0.3) is 0 Å². The molecule has 1 amide bonds. The Bertz CT molecular complexity index is 609. The van der Waals surface area contributed by atoms with Crippen molar-refractivity contribution in [3.05, 3.63) is 29.8 Å². The van der Waals surface area contributed by atoms with E-state index in [4.69, 9.17) is 0 Å². The fourth-order valence-electron chi connectivity index (χ4n) is 3.27. The summed E-state index contributed by atoms with van der Waals surface area (Å²) in [7, 11) is 0. The second-order valence-corrected chi connectivity index (χ2v) is 6.21. The zero-order valence-corrected chi connectivity index (χ0v) is 12.5. The minimum absolute atomic E-state index is 0.0549. The zero-order valence-electron chi connectivity index (χ0n) is 12.5. The van der Waals surface area contributed by atoms with Gasteiger partial charge in [0.2, 0.25) is 5.91 Å². The molecule has 1 aliphatic carbocycles. The minimum atomic E-state index is -4.48. The highest BCUT2D eigenvalue weighted by Gasteiger charge is 2.39. The number of alkyl halides is 3. The summed E-state index contributed by atoms with van der Waals surface area (Å²) in [5.74, 6) is -0.597. The van der Waals surface area contributed by atoms with Crippen LogP contribution in [0.2, 0.25) is 0 Å². The molecule has 4 nitrogen and oxygen atoms in total. The Morgan fingerprint density at radius 2 is 1.96 bits per heavy atom. The van der Waals surface area contributed by atoms with Crippen LogP contribution in [0.4, 0.5) is 18.9 Å². The molecule has 124 valence electrons. The van der Waals surface area contributed by atoms with Crippen LogP contribution in [0.1, 0.15) is 37.7 Å². The van der Waals surface area contributed by atoms with Gasteiger partial charge in [-0.2, -0.15) is 18.3 Å². The lowest BCUT2D eigenvalue weighted by Gasteiger charge is -2.36. The number of nitrogens with zero attached hydrogens (tertiary/aromatic N) is 1. The molecule has 0 saturated heterocycles. The van der Waals surface area contributed by atoms with E-state index in [0.29, 0.717) is 12.8 Å². The number of para-hydroxylation sites is 1. The van der Waals surface area contributed by atoms with Crippen molar-refractivity contribution in [2.24, 2.45) is 11.0 Å². The molecule has 2 aliphatic rings. The summed E-state index contributed by atoms with van der Waals surface area (Å²) in [5, 5.41) is 6.49. The monoisotopic (exact) mass is 325 g/mol. The molecule has 0 bridgehead atoms. The van der Waals surface area contributed by atoms with E-state index in [0.717, 1.165) is 25.3 Å². The van der Waals surface area contributed by atoms with Crippen molar-refractivity contribution in [3.63, 3.8) is 0 Å². The van der Waals surface area contributed by atoms with Crippen molar-refractivity contribution in [3.8, 4) is 0 Å². The lowest BCUT2D eigenvalue weighted by atomic mass is 9.75. The summed E-state index contributed by atoms with van der Waals surface area (Å²) < 4.78 is 38.9. The Hall–Kier alpha value is -2.05. The molecule has 1 fully saturated rings. The standard InChI is InChI=1S/C16H18F3N3O/c17-16(18,19)12-3-1-2-4-13(12)21-14(23)11-5-7-15(8-6-11)9-10-20-22-15/h1-4,10-11,22H,5-9H2,(H,21,23). The van der Waals surface area contributed by atoms with Gasteiger partial charge in [-0.05, 0) is 37.8 Å². The van der Waals surface area contributed by atoms with Crippen molar-refractivity contribution in [2.75, 3.05) is 5.32 Å². The maximum atomic E-state index is 13.0. The molecule has 2 N–H and O–H groups in total. The Labute approximate surface area is 132 Å². The lowest BCUT2D eigenvalue weighted by Crippen LogP contribution is -2.44. The average molecular weight is 325 g/mol. The summed E-state index contributed by atoms with van der Waals surface area (Å²) in [6.07, 6.45) is 1.09. The smallest absolute Gasteiger partial charge is 0.325 e. The highest BCUT2D eigenvalue weighted by Crippen LogP contribution is 2.38. The summed E-state index contributed by atoms with van der Waals surface area (Å²) in [5.41, 5.74) is 2.06. The van der Waals surface area contributed by atoms with E-state index < -0.39 is 11.7 Å². The number of amides is 1. The predicted octanol–water partition coefficient (Wildman–Crippen LogP) is 3.55. The van der Waals surface area contributed by atoms with Gasteiger partial charge in [0.15, 0.2) is 0 Å². The lowest BCUT2D eigenvalue weighted by molar-refractivity contribution is -0.137. The van der Waals surface area contributed by atoms with Gasteiger partial charge in [-0.15, -0.1) is 0 Å². The third-order valence-electron chi connectivity index (χ3n) is 4.68. The number of carbonyl (C=O) groups excluding carboxylic acids is 1. The Balaban J connectivity index is 1.65. The molecule has 0 radical (unpaired) electrons. The Kier molecular flexibility index (Phi) is 4.04. The van der Waals surface area contributed by atoms with E-state index in [-0.39, 0.29) is 23.1 Å². The molecule has 1 aliphatic heterocycles. The predicted molar refractivity (Wildman–Crippen MR) is 81.0 cm³/mol. The Morgan fingerprint density at radius 3 is 2.57 bits per heavy atom. The van der Waals surface area contributed by atoms with Crippen molar-refractivity contribution >= 4 is 17.8 Å². The van der Waals surface area contributed by atoms with Crippen LogP contribution in [-0.2, 0) is 11.0 Å². The fraction of sp³-hybridized carbons (Fsp3) is 0.500. The summed E-state index contributed by atoms with van der Waals surface area (Å²) >= 11 is 0. The van der Waals surface area contributed by atoms with E-state index in [1.807, 2.05) is 6.21 Å². The Morgan fingerprint density at radius 1 is 1.26 bits per heavy atom. The maximum absolute atomic E-state index is 13.0. The summed E-state index contributed by atoms with van der Waals surface area (Å²) in [4.78, 5) is 12.3. The first kappa shape index (κ1) is 15.8. The molecule has 1 aromatic rings. The second kappa shape index (κ2) is 5.86. The van der Waals surface area contributed by atoms with Crippen molar-refractivity contribution in [1.82, 2.24) is 5.43 Å². The molecule has 3 rings (SSSR count). The van der Waals surface area contributed by atoms with Crippen LogP contribution in [0.3, 0.4) is 0 Å². The van der Waals surface area contributed by atoms with Gasteiger partial charge in [-0.1, -0.05) is 12.1 Å². The topological polar surface area (TPSA) is 53.5 Å². The van der Waals surface area contributed by atoms with Crippen LogP contribution in [0, 0.1) is 5.92 Å². The molecule has 0 unspecified atom stereocenters. The van der Waals surface area contributed by atoms with Crippen molar-refractivity contribution in [1.29, 1.82) is 0 Å². The minimum Gasteiger partial charge on any atom is -0.325 e. The first-order valence-electron chi connectivity index (χ1n) is 7.65. The third kappa shape index (κ3) is 3.33. The molecule has 1 heterocycles. The number of carbonyl (C=O) groups is 1. The number of rotatable bonds is 2. The number of benzene rings is 1. The molecule has 7 heteroatoms. The maximum Gasteiger partial charge on any atom is 0.418 e. The number of nitrogens with one attached hydrogen (secondary N) is 2. The summed E-state index contributed by atoms with van der Waals surface area (Å²) in [6, 6.07) is 5.07. The van der Waals surface area contributed by atoms with Gasteiger partial charge in [0.05, 0.1) is 16.8 Å². The molecule has 1 saturated carbocycles. The van der Waals surface area contributed by atoms with Gasteiger partial charge >= 0.3 is 6.18 Å². The van der Waals surface area contributed by atoms with Gasteiger partial charge in [0.1, 0.15) is 0 Å². The van der Waals surface area contributed by atoms with Gasteiger partial charge < -0.3 is 10.7 Å². The van der Waals surface area contributed by atoms with E-state index >= 15 is 0 Å². The van der Waals surface area contributed by atoms with Crippen LogP contribution in [0.15, 0.2) is 29.4 Å². The van der Waals surface area contributed by atoms with Crippen LogP contribution < -0.4 is 10.7 Å². The number of hydrazone groups is 1. The van der Waals surface area contributed by atoms with Crippen LogP contribution in [-0.4, -0.2) is 17.7 Å². The molecule has 23 heavy (non-hydrogen) atoms. The van der Waals surface area contributed by atoms with Crippen LogP contribution in [0.5, 0.6) is 0 Å². The fourth-order valence-corrected chi connectivity index (χ4v) is 3.27. The number of hydrogen-bond acceptors (Lipinski definition) is 3.